The molecular formula is C14H27ClN2O. The molecule has 2 fully saturated rings. The first-order valence-corrected chi connectivity index (χ1v) is 7.17. The zero-order chi connectivity index (χ0) is 12.4. The summed E-state index contributed by atoms with van der Waals surface area (Å²) in [4.78, 5) is 12.2. The molecule has 0 bridgehead atoms. The summed E-state index contributed by atoms with van der Waals surface area (Å²) in [6.07, 6.45) is 10.2. The number of hydrogen-bond acceptors (Lipinski definition) is 2. The van der Waals surface area contributed by atoms with Gasteiger partial charge in [0.2, 0.25) is 5.91 Å². The molecule has 4 heteroatoms. The first kappa shape index (κ1) is 15.8. The highest BCUT2D eigenvalue weighted by molar-refractivity contribution is 5.86. The topological polar surface area (TPSA) is 55.1 Å². The number of nitrogens with two attached hydrogens (primary N) is 1. The fourth-order valence-electron chi connectivity index (χ4n) is 3.08. The average molecular weight is 275 g/mol. The van der Waals surface area contributed by atoms with Gasteiger partial charge in [-0.2, -0.15) is 0 Å². The second-order valence-electron chi connectivity index (χ2n) is 6.15. The van der Waals surface area contributed by atoms with Gasteiger partial charge in [-0.1, -0.05) is 32.6 Å². The van der Waals surface area contributed by atoms with Crippen molar-refractivity contribution < 1.29 is 4.79 Å². The standard InChI is InChI=1S/C14H26N2O.ClH/c1-2-6-13(9-10-13)11-16-12(17)14(15)7-4-3-5-8-14;/h2-11,15H2,1H3,(H,16,17);1H. The number of halogens is 1. The Morgan fingerprint density at radius 1 is 1.17 bits per heavy atom. The number of amides is 1. The minimum atomic E-state index is -0.569. The highest BCUT2D eigenvalue weighted by Gasteiger charge is 2.43. The van der Waals surface area contributed by atoms with Crippen LogP contribution in [0.25, 0.3) is 0 Å². The first-order valence-electron chi connectivity index (χ1n) is 7.17. The van der Waals surface area contributed by atoms with Crippen molar-refractivity contribution in [2.45, 2.75) is 70.3 Å². The molecule has 2 rings (SSSR count). The van der Waals surface area contributed by atoms with Gasteiger partial charge in [0, 0.05) is 6.54 Å². The van der Waals surface area contributed by atoms with Crippen molar-refractivity contribution in [2.75, 3.05) is 6.54 Å². The second-order valence-corrected chi connectivity index (χ2v) is 6.15. The Bertz CT molecular complexity index is 284. The fourth-order valence-corrected chi connectivity index (χ4v) is 3.08. The van der Waals surface area contributed by atoms with Crippen LogP contribution < -0.4 is 11.1 Å². The fraction of sp³-hybridized carbons (Fsp3) is 0.929. The van der Waals surface area contributed by atoms with Crippen LogP contribution in [-0.2, 0) is 4.79 Å². The van der Waals surface area contributed by atoms with E-state index in [1.54, 1.807) is 0 Å². The molecule has 0 aromatic heterocycles. The predicted molar refractivity (Wildman–Crippen MR) is 76.8 cm³/mol. The van der Waals surface area contributed by atoms with Crippen LogP contribution in [0, 0.1) is 5.41 Å². The molecule has 0 heterocycles. The molecule has 3 nitrogen and oxygen atoms in total. The lowest BCUT2D eigenvalue weighted by atomic mass is 9.82. The summed E-state index contributed by atoms with van der Waals surface area (Å²) in [5.74, 6) is 0.0968. The molecule has 2 saturated carbocycles. The molecule has 0 spiro atoms. The van der Waals surface area contributed by atoms with E-state index in [4.69, 9.17) is 5.73 Å². The summed E-state index contributed by atoms with van der Waals surface area (Å²) in [5, 5.41) is 3.12. The lowest BCUT2D eigenvalue weighted by Gasteiger charge is -2.32. The van der Waals surface area contributed by atoms with E-state index in [-0.39, 0.29) is 18.3 Å². The molecule has 0 radical (unpaired) electrons. The number of hydrogen-bond donors (Lipinski definition) is 2. The summed E-state index contributed by atoms with van der Waals surface area (Å²) >= 11 is 0. The highest BCUT2D eigenvalue weighted by atomic mass is 35.5. The van der Waals surface area contributed by atoms with Crippen molar-refractivity contribution in [3.05, 3.63) is 0 Å². The van der Waals surface area contributed by atoms with E-state index in [1.165, 1.54) is 32.1 Å². The van der Waals surface area contributed by atoms with Crippen LogP contribution in [0.4, 0.5) is 0 Å². The molecule has 2 aliphatic rings. The van der Waals surface area contributed by atoms with Crippen LogP contribution in [0.1, 0.15) is 64.7 Å². The normalized spacial score (nSPS) is 23.9. The van der Waals surface area contributed by atoms with Gasteiger partial charge in [-0.25, -0.2) is 0 Å². The van der Waals surface area contributed by atoms with Gasteiger partial charge in [0.25, 0.3) is 0 Å². The monoisotopic (exact) mass is 274 g/mol. The maximum atomic E-state index is 12.2. The van der Waals surface area contributed by atoms with Gasteiger partial charge in [0.15, 0.2) is 0 Å². The Morgan fingerprint density at radius 2 is 1.78 bits per heavy atom. The first-order chi connectivity index (χ1) is 8.10. The smallest absolute Gasteiger partial charge is 0.240 e. The molecule has 2 aliphatic carbocycles. The van der Waals surface area contributed by atoms with Gasteiger partial charge in [0.05, 0.1) is 5.54 Å². The number of carbonyl (C=O) groups is 1. The Labute approximate surface area is 117 Å². The maximum Gasteiger partial charge on any atom is 0.240 e. The van der Waals surface area contributed by atoms with E-state index in [0.717, 1.165) is 32.2 Å². The van der Waals surface area contributed by atoms with Crippen LogP contribution in [0.5, 0.6) is 0 Å². The molecule has 106 valence electrons. The largest absolute Gasteiger partial charge is 0.354 e. The van der Waals surface area contributed by atoms with Crippen LogP contribution in [-0.4, -0.2) is 18.0 Å². The molecule has 1 amide bonds. The molecule has 0 aromatic carbocycles. The Kier molecular flexibility index (Phi) is 5.47. The summed E-state index contributed by atoms with van der Waals surface area (Å²) in [5.41, 5.74) is 6.07. The van der Waals surface area contributed by atoms with Crippen molar-refractivity contribution in [3.63, 3.8) is 0 Å². The van der Waals surface area contributed by atoms with E-state index in [1.807, 2.05) is 0 Å². The lowest BCUT2D eigenvalue weighted by molar-refractivity contribution is -0.127. The molecular weight excluding hydrogens is 248 g/mol. The quantitative estimate of drug-likeness (QED) is 0.810. The number of nitrogens with one attached hydrogen (secondary N) is 1. The highest BCUT2D eigenvalue weighted by Crippen LogP contribution is 2.49. The third kappa shape index (κ3) is 3.61. The Morgan fingerprint density at radius 3 is 2.28 bits per heavy atom. The molecule has 0 aromatic rings. The molecule has 0 unspecified atom stereocenters. The molecule has 0 saturated heterocycles. The van der Waals surface area contributed by atoms with Crippen LogP contribution in [0.2, 0.25) is 0 Å². The van der Waals surface area contributed by atoms with Crippen LogP contribution in [0.15, 0.2) is 0 Å². The van der Waals surface area contributed by atoms with Crippen molar-refractivity contribution in [2.24, 2.45) is 11.1 Å². The molecule has 0 atom stereocenters. The number of carbonyl (C=O) groups excluding carboxylic acids is 1. The SMILES string of the molecule is CCCC1(CNC(=O)C2(N)CCCCC2)CC1.Cl. The van der Waals surface area contributed by atoms with E-state index in [2.05, 4.69) is 12.2 Å². The van der Waals surface area contributed by atoms with E-state index in [0.29, 0.717) is 5.41 Å². The van der Waals surface area contributed by atoms with Gasteiger partial charge in [-0.05, 0) is 37.5 Å². The third-order valence-electron chi connectivity index (χ3n) is 4.56. The molecule has 0 aliphatic heterocycles. The average Bonchev–Trinajstić information content (AvgIpc) is 3.08. The van der Waals surface area contributed by atoms with Gasteiger partial charge in [-0.3, -0.25) is 4.79 Å². The van der Waals surface area contributed by atoms with E-state index in [9.17, 15) is 4.79 Å². The van der Waals surface area contributed by atoms with Crippen LogP contribution >= 0.6 is 12.4 Å². The van der Waals surface area contributed by atoms with Crippen LogP contribution in [0.3, 0.4) is 0 Å². The summed E-state index contributed by atoms with van der Waals surface area (Å²) in [6, 6.07) is 0. The molecule has 18 heavy (non-hydrogen) atoms. The summed E-state index contributed by atoms with van der Waals surface area (Å²) in [6.45, 7) is 3.06. The van der Waals surface area contributed by atoms with Gasteiger partial charge >= 0.3 is 0 Å². The Hall–Kier alpha value is -0.280. The van der Waals surface area contributed by atoms with Crippen molar-refractivity contribution in [1.29, 1.82) is 0 Å². The third-order valence-corrected chi connectivity index (χ3v) is 4.56. The second kappa shape index (κ2) is 6.25. The number of rotatable bonds is 5. The van der Waals surface area contributed by atoms with Gasteiger partial charge in [-0.15, -0.1) is 12.4 Å². The van der Waals surface area contributed by atoms with Gasteiger partial charge in [0.1, 0.15) is 0 Å². The predicted octanol–water partition coefficient (Wildman–Crippen LogP) is 2.77. The van der Waals surface area contributed by atoms with Crippen molar-refractivity contribution >= 4 is 18.3 Å². The minimum absolute atomic E-state index is 0. The zero-order valence-electron chi connectivity index (χ0n) is 11.5. The summed E-state index contributed by atoms with van der Waals surface area (Å²) in [7, 11) is 0. The van der Waals surface area contributed by atoms with Crippen molar-refractivity contribution in [1.82, 2.24) is 5.32 Å². The summed E-state index contributed by atoms with van der Waals surface area (Å²) < 4.78 is 0. The molecule has 3 N–H and O–H groups in total. The zero-order valence-corrected chi connectivity index (χ0v) is 12.3. The van der Waals surface area contributed by atoms with E-state index >= 15 is 0 Å². The lowest BCUT2D eigenvalue weighted by Crippen LogP contribution is -2.55. The van der Waals surface area contributed by atoms with Crippen molar-refractivity contribution in [3.8, 4) is 0 Å². The maximum absolute atomic E-state index is 12.2. The van der Waals surface area contributed by atoms with Gasteiger partial charge < -0.3 is 11.1 Å². The van der Waals surface area contributed by atoms with E-state index < -0.39 is 5.54 Å². The Balaban J connectivity index is 0.00000162. The minimum Gasteiger partial charge on any atom is -0.354 e.